The molecular formula is C29H45N3O5. The van der Waals surface area contributed by atoms with Gasteiger partial charge < -0.3 is 32.2 Å². The molecule has 0 aromatic carbocycles. The van der Waals surface area contributed by atoms with Crippen LogP contribution in [0, 0.1) is 28.6 Å². The van der Waals surface area contributed by atoms with E-state index in [0.29, 0.717) is 31.3 Å². The second-order valence-corrected chi connectivity index (χ2v) is 12.8. The van der Waals surface area contributed by atoms with Gasteiger partial charge in [0.1, 0.15) is 6.10 Å². The van der Waals surface area contributed by atoms with E-state index < -0.39 is 35.1 Å². The summed E-state index contributed by atoms with van der Waals surface area (Å²) in [5.41, 5.74) is 21.3. The first-order chi connectivity index (χ1) is 17.2. The standard InChI is InChI=1S/C29H45N3O5/c1-15(2)7-6-8-17(26(35)36)23-21(37-16(3)33)14-28(5)24(23)19(30)13-22-27(4)11-10-20(34)25(31)18(27)9-12-29(22,28)32/h6-8,18-22,24-25,34H,9-14,30-32H2,1-5H3,(H,35,36)/b8-6+,23-17+/t18-,19-,20+,21-,22-,24-,25-,27-,28-,29+/m0/s1. The van der Waals surface area contributed by atoms with Gasteiger partial charge in [-0.05, 0) is 86.7 Å². The summed E-state index contributed by atoms with van der Waals surface area (Å²) >= 11 is 0. The minimum absolute atomic E-state index is 0.0559. The number of aliphatic hydroxyl groups excluding tert-OH is 1. The monoisotopic (exact) mass is 515 g/mol. The number of esters is 1. The quantitative estimate of drug-likeness (QED) is 0.217. The molecule has 0 aromatic rings. The highest BCUT2D eigenvalue weighted by Crippen LogP contribution is 2.69. The van der Waals surface area contributed by atoms with Crippen molar-refractivity contribution in [3.63, 3.8) is 0 Å². The largest absolute Gasteiger partial charge is 0.478 e. The molecule has 8 nitrogen and oxygen atoms in total. The van der Waals surface area contributed by atoms with E-state index >= 15 is 0 Å². The lowest BCUT2D eigenvalue weighted by atomic mass is 9.39. The lowest BCUT2D eigenvalue weighted by Crippen LogP contribution is -2.74. The maximum Gasteiger partial charge on any atom is 0.335 e. The number of fused-ring (bicyclic) bond motifs is 5. The van der Waals surface area contributed by atoms with Crippen LogP contribution in [-0.4, -0.2) is 52.0 Å². The molecule has 0 saturated heterocycles. The molecule has 0 spiro atoms. The zero-order valence-electron chi connectivity index (χ0n) is 22.9. The molecule has 37 heavy (non-hydrogen) atoms. The second-order valence-electron chi connectivity index (χ2n) is 12.8. The van der Waals surface area contributed by atoms with Crippen LogP contribution in [0.2, 0.25) is 0 Å². The number of allylic oxidation sites excluding steroid dienone is 3. The van der Waals surface area contributed by atoms with Crippen molar-refractivity contribution < 1.29 is 24.5 Å². The van der Waals surface area contributed by atoms with Crippen LogP contribution in [0.4, 0.5) is 0 Å². The number of nitrogens with two attached hydrogens (primary N) is 3. The molecule has 4 saturated carbocycles. The highest BCUT2D eigenvalue weighted by molar-refractivity contribution is 5.91. The number of hydrogen-bond donors (Lipinski definition) is 5. The van der Waals surface area contributed by atoms with Gasteiger partial charge >= 0.3 is 11.9 Å². The first-order valence-electron chi connectivity index (χ1n) is 13.6. The normalized spacial score (nSPS) is 46.5. The Hall–Kier alpha value is -2.00. The first-order valence-corrected chi connectivity index (χ1v) is 13.6. The van der Waals surface area contributed by atoms with Crippen molar-refractivity contribution in [2.75, 3.05) is 0 Å². The van der Waals surface area contributed by atoms with E-state index in [1.807, 2.05) is 19.9 Å². The van der Waals surface area contributed by atoms with E-state index in [4.69, 9.17) is 21.9 Å². The van der Waals surface area contributed by atoms with Crippen molar-refractivity contribution in [3.05, 3.63) is 34.9 Å². The van der Waals surface area contributed by atoms with Gasteiger partial charge in [-0.15, -0.1) is 0 Å². The fourth-order valence-corrected chi connectivity index (χ4v) is 8.85. The molecule has 10 atom stereocenters. The number of aliphatic carboxylic acids is 1. The minimum atomic E-state index is -1.07. The van der Waals surface area contributed by atoms with E-state index in [1.54, 1.807) is 12.2 Å². The molecule has 4 fully saturated rings. The molecule has 0 heterocycles. The summed E-state index contributed by atoms with van der Waals surface area (Å²) in [6.45, 7) is 9.60. The van der Waals surface area contributed by atoms with Gasteiger partial charge in [0, 0.05) is 30.5 Å². The molecule has 0 unspecified atom stereocenters. The van der Waals surface area contributed by atoms with Gasteiger partial charge in [0.2, 0.25) is 0 Å². The predicted molar refractivity (Wildman–Crippen MR) is 142 cm³/mol. The van der Waals surface area contributed by atoms with Crippen molar-refractivity contribution in [2.24, 2.45) is 45.8 Å². The van der Waals surface area contributed by atoms with E-state index in [2.05, 4.69) is 13.8 Å². The highest BCUT2D eigenvalue weighted by Gasteiger charge is 2.71. The van der Waals surface area contributed by atoms with Crippen LogP contribution in [0.5, 0.6) is 0 Å². The molecule has 0 aliphatic heterocycles. The first kappa shape index (κ1) is 28.0. The van der Waals surface area contributed by atoms with Gasteiger partial charge in [-0.25, -0.2) is 4.79 Å². The SMILES string of the molecule is CC(=O)O[C@H]1C[C@@]2(C)[C@H](/C1=C(\C=C\C=C(C)C)C(=O)O)[C@@H](N)C[C@H]1[C@@]3(C)CC[C@@H](O)[C@@H](N)[C@@H]3CC[C@@]12N. The zero-order chi connectivity index (χ0) is 27.5. The number of aliphatic hydroxyl groups is 1. The smallest absolute Gasteiger partial charge is 0.335 e. The maximum atomic E-state index is 12.6. The molecule has 0 bridgehead atoms. The van der Waals surface area contributed by atoms with Crippen LogP contribution in [-0.2, 0) is 14.3 Å². The molecule has 8 heteroatoms. The number of carbonyl (C=O) groups excluding carboxylic acids is 1. The average Bonchev–Trinajstić information content (AvgIpc) is 3.08. The molecule has 8 N–H and O–H groups in total. The van der Waals surface area contributed by atoms with Gasteiger partial charge in [-0.2, -0.15) is 0 Å². The number of carbonyl (C=O) groups is 2. The van der Waals surface area contributed by atoms with Crippen molar-refractivity contribution >= 4 is 11.9 Å². The molecule has 0 radical (unpaired) electrons. The number of carboxylic acids is 1. The summed E-state index contributed by atoms with van der Waals surface area (Å²) in [6, 6.07) is -0.649. The number of ether oxygens (including phenoxy) is 1. The van der Waals surface area contributed by atoms with Crippen molar-refractivity contribution in [2.45, 2.75) is 103 Å². The topological polar surface area (TPSA) is 162 Å². The van der Waals surface area contributed by atoms with Crippen LogP contribution < -0.4 is 17.2 Å². The summed E-state index contributed by atoms with van der Waals surface area (Å²) in [4.78, 5) is 24.7. The molecule has 4 aliphatic rings. The van der Waals surface area contributed by atoms with Crippen LogP contribution in [0.3, 0.4) is 0 Å². The molecule has 206 valence electrons. The molecule has 4 aliphatic carbocycles. The third-order valence-corrected chi connectivity index (χ3v) is 10.5. The average molecular weight is 516 g/mol. The lowest BCUT2D eigenvalue weighted by Gasteiger charge is -2.68. The third kappa shape index (κ3) is 4.30. The Morgan fingerprint density at radius 1 is 1.11 bits per heavy atom. The Kier molecular flexibility index (Phi) is 7.29. The van der Waals surface area contributed by atoms with E-state index in [9.17, 15) is 19.8 Å². The Balaban J connectivity index is 1.86. The molecular weight excluding hydrogens is 470 g/mol. The zero-order valence-corrected chi connectivity index (χ0v) is 22.9. The van der Waals surface area contributed by atoms with E-state index in [1.165, 1.54) is 6.92 Å². The van der Waals surface area contributed by atoms with Gasteiger partial charge in [0.25, 0.3) is 0 Å². The number of hydrogen-bond acceptors (Lipinski definition) is 7. The van der Waals surface area contributed by atoms with E-state index in [-0.39, 0.29) is 40.8 Å². The minimum Gasteiger partial charge on any atom is -0.478 e. The maximum absolute atomic E-state index is 12.6. The fraction of sp³-hybridized carbons (Fsp3) is 0.724. The van der Waals surface area contributed by atoms with Gasteiger partial charge in [0.15, 0.2) is 0 Å². The Morgan fingerprint density at radius 3 is 2.38 bits per heavy atom. The van der Waals surface area contributed by atoms with Crippen LogP contribution >= 0.6 is 0 Å². The van der Waals surface area contributed by atoms with Crippen LogP contribution in [0.15, 0.2) is 34.9 Å². The summed E-state index contributed by atoms with van der Waals surface area (Å²) in [5, 5.41) is 20.8. The second kappa shape index (κ2) is 9.63. The highest BCUT2D eigenvalue weighted by atomic mass is 16.5. The summed E-state index contributed by atoms with van der Waals surface area (Å²) in [7, 11) is 0. The summed E-state index contributed by atoms with van der Waals surface area (Å²) < 4.78 is 5.80. The summed E-state index contributed by atoms with van der Waals surface area (Å²) in [5.74, 6) is -1.67. The Bertz CT molecular complexity index is 1050. The summed E-state index contributed by atoms with van der Waals surface area (Å²) in [6.07, 6.45) is 7.96. The van der Waals surface area contributed by atoms with Gasteiger partial charge in [0.05, 0.1) is 11.7 Å². The van der Waals surface area contributed by atoms with Crippen molar-refractivity contribution in [1.29, 1.82) is 0 Å². The Morgan fingerprint density at radius 2 is 1.78 bits per heavy atom. The van der Waals surface area contributed by atoms with Gasteiger partial charge in [-0.1, -0.05) is 31.6 Å². The predicted octanol–water partition coefficient (Wildman–Crippen LogP) is 2.79. The third-order valence-electron chi connectivity index (χ3n) is 10.5. The lowest BCUT2D eigenvalue weighted by molar-refractivity contribution is -0.158. The van der Waals surface area contributed by atoms with Crippen LogP contribution in [0.1, 0.15) is 73.1 Å². The molecule has 4 rings (SSSR count). The van der Waals surface area contributed by atoms with Gasteiger partial charge in [-0.3, -0.25) is 4.79 Å². The fourth-order valence-electron chi connectivity index (χ4n) is 8.85. The van der Waals surface area contributed by atoms with Crippen LogP contribution in [0.25, 0.3) is 0 Å². The number of carboxylic acid groups (broad SMARTS) is 1. The Labute approximate surface area is 220 Å². The molecule has 0 amide bonds. The number of rotatable bonds is 4. The van der Waals surface area contributed by atoms with Crippen molar-refractivity contribution in [3.8, 4) is 0 Å². The molecule has 0 aromatic heterocycles. The van der Waals surface area contributed by atoms with E-state index in [0.717, 1.165) is 18.4 Å². The van der Waals surface area contributed by atoms with Crippen molar-refractivity contribution in [1.82, 2.24) is 0 Å².